The zero-order valence-electron chi connectivity index (χ0n) is 14.9. The predicted molar refractivity (Wildman–Crippen MR) is 111 cm³/mol. The average Bonchev–Trinajstić information content (AvgIpc) is 2.93. The van der Waals surface area contributed by atoms with Gasteiger partial charge in [0.15, 0.2) is 0 Å². The maximum absolute atomic E-state index is 12.2. The number of amides is 1. The highest BCUT2D eigenvalue weighted by molar-refractivity contribution is 8.26. The second kappa shape index (κ2) is 8.85. The molecule has 1 heterocycles. The normalized spacial score (nSPS) is 15.2. The number of benzene rings is 2. The summed E-state index contributed by atoms with van der Waals surface area (Å²) in [6, 6.07) is 13.5. The molecular formula is C19H16N2O5S2. The van der Waals surface area contributed by atoms with E-state index in [1.807, 2.05) is 30.3 Å². The van der Waals surface area contributed by atoms with Gasteiger partial charge in [-0.3, -0.25) is 19.8 Å². The third-order valence-electron chi connectivity index (χ3n) is 3.83. The second-order valence-electron chi connectivity index (χ2n) is 5.73. The lowest BCUT2D eigenvalue weighted by Crippen LogP contribution is -2.22. The van der Waals surface area contributed by atoms with E-state index in [4.69, 9.17) is 21.7 Å². The Morgan fingerprint density at radius 3 is 2.54 bits per heavy atom. The fourth-order valence-corrected chi connectivity index (χ4v) is 3.58. The molecule has 144 valence electrons. The molecular weight excluding hydrogens is 400 g/mol. The summed E-state index contributed by atoms with van der Waals surface area (Å²) in [5.74, 6) is 0.894. The molecule has 0 N–H and O–H groups in total. The summed E-state index contributed by atoms with van der Waals surface area (Å²) in [6.07, 6.45) is 1.56. The maximum Gasteiger partial charge on any atom is 0.270 e. The van der Waals surface area contributed by atoms with Crippen molar-refractivity contribution >= 4 is 46.0 Å². The zero-order valence-corrected chi connectivity index (χ0v) is 16.5. The number of rotatable bonds is 7. The number of likely N-dealkylation sites (N-methyl/N-ethyl adjacent to an activating group) is 1. The number of hydrogen-bond acceptors (Lipinski definition) is 7. The molecule has 3 rings (SSSR count). The number of nitro groups is 1. The van der Waals surface area contributed by atoms with Crippen molar-refractivity contribution in [1.82, 2.24) is 4.90 Å². The van der Waals surface area contributed by atoms with E-state index in [2.05, 4.69) is 0 Å². The first-order valence-corrected chi connectivity index (χ1v) is 9.49. The lowest BCUT2D eigenvalue weighted by Gasteiger charge is -2.11. The number of nitro benzene ring substituents is 1. The molecule has 2 aromatic carbocycles. The molecule has 0 aliphatic carbocycles. The lowest BCUT2D eigenvalue weighted by molar-refractivity contribution is -0.384. The van der Waals surface area contributed by atoms with Crippen LogP contribution >= 0.6 is 24.0 Å². The SMILES string of the molecule is CN1C(=O)C(=Cc2cc([N+](=O)[O-])ccc2OCCOc2ccccc2)SC1=S. The fraction of sp³-hybridized carbons (Fsp3) is 0.158. The number of nitrogens with zero attached hydrogens (tertiary/aromatic N) is 2. The van der Waals surface area contributed by atoms with E-state index in [9.17, 15) is 14.9 Å². The van der Waals surface area contributed by atoms with Crippen molar-refractivity contribution in [2.24, 2.45) is 0 Å². The summed E-state index contributed by atoms with van der Waals surface area (Å²) in [4.78, 5) is 24.6. The number of para-hydroxylation sites is 1. The van der Waals surface area contributed by atoms with Crippen LogP contribution in [-0.4, -0.2) is 40.3 Å². The van der Waals surface area contributed by atoms with Crippen LogP contribution < -0.4 is 9.47 Å². The molecule has 1 amide bonds. The first kappa shape index (κ1) is 19.8. The van der Waals surface area contributed by atoms with Crippen LogP contribution in [0.2, 0.25) is 0 Å². The third-order valence-corrected chi connectivity index (χ3v) is 5.31. The Morgan fingerprint density at radius 1 is 1.18 bits per heavy atom. The van der Waals surface area contributed by atoms with Gasteiger partial charge in [0, 0.05) is 24.7 Å². The smallest absolute Gasteiger partial charge is 0.270 e. The predicted octanol–water partition coefficient (Wildman–Crippen LogP) is 3.88. The maximum atomic E-state index is 12.2. The minimum Gasteiger partial charge on any atom is -0.490 e. The Labute approximate surface area is 171 Å². The van der Waals surface area contributed by atoms with Crippen LogP contribution in [0.1, 0.15) is 5.56 Å². The van der Waals surface area contributed by atoms with Crippen molar-refractivity contribution < 1.29 is 19.2 Å². The van der Waals surface area contributed by atoms with Crippen molar-refractivity contribution in [3.8, 4) is 11.5 Å². The number of ether oxygens (including phenoxy) is 2. The number of thiocarbonyl (C=S) groups is 1. The fourth-order valence-electron chi connectivity index (χ4n) is 2.41. The highest BCUT2D eigenvalue weighted by atomic mass is 32.2. The number of carbonyl (C=O) groups is 1. The molecule has 28 heavy (non-hydrogen) atoms. The Hall–Kier alpha value is -2.91. The Balaban J connectivity index is 1.76. The first-order valence-electron chi connectivity index (χ1n) is 8.26. The minimum absolute atomic E-state index is 0.0916. The first-order chi connectivity index (χ1) is 13.5. The topological polar surface area (TPSA) is 81.9 Å². The van der Waals surface area contributed by atoms with Crippen LogP contribution in [0.15, 0.2) is 53.4 Å². The van der Waals surface area contributed by atoms with Gasteiger partial charge < -0.3 is 9.47 Å². The zero-order chi connectivity index (χ0) is 20.1. The molecule has 1 fully saturated rings. The highest BCUT2D eigenvalue weighted by Gasteiger charge is 2.29. The number of hydrogen-bond donors (Lipinski definition) is 0. The van der Waals surface area contributed by atoms with Gasteiger partial charge in [-0.1, -0.05) is 42.2 Å². The van der Waals surface area contributed by atoms with Crippen LogP contribution in [-0.2, 0) is 4.79 Å². The molecule has 0 bridgehead atoms. The van der Waals surface area contributed by atoms with Crippen LogP contribution in [0.4, 0.5) is 5.69 Å². The number of thioether (sulfide) groups is 1. The van der Waals surface area contributed by atoms with Crippen LogP contribution in [0.3, 0.4) is 0 Å². The highest BCUT2D eigenvalue weighted by Crippen LogP contribution is 2.34. The Bertz CT molecular complexity index is 947. The lowest BCUT2D eigenvalue weighted by atomic mass is 10.1. The van der Waals surface area contributed by atoms with Gasteiger partial charge in [-0.05, 0) is 24.3 Å². The molecule has 1 aliphatic rings. The van der Waals surface area contributed by atoms with Crippen molar-refractivity contribution in [3.63, 3.8) is 0 Å². The summed E-state index contributed by atoms with van der Waals surface area (Å²) in [6.45, 7) is 0.541. The Kier molecular flexibility index (Phi) is 6.27. The number of non-ortho nitro benzene ring substituents is 1. The van der Waals surface area contributed by atoms with Gasteiger partial charge in [0.05, 0.1) is 9.83 Å². The van der Waals surface area contributed by atoms with Gasteiger partial charge >= 0.3 is 0 Å². The van der Waals surface area contributed by atoms with Crippen LogP contribution in [0.25, 0.3) is 6.08 Å². The average molecular weight is 416 g/mol. The summed E-state index contributed by atoms with van der Waals surface area (Å²) in [7, 11) is 1.59. The van der Waals surface area contributed by atoms with E-state index < -0.39 is 4.92 Å². The van der Waals surface area contributed by atoms with Crippen molar-refractivity contribution in [1.29, 1.82) is 0 Å². The second-order valence-corrected chi connectivity index (χ2v) is 7.41. The third kappa shape index (κ3) is 4.68. The molecule has 0 aromatic heterocycles. The van der Waals surface area contributed by atoms with E-state index in [0.29, 0.717) is 27.1 Å². The minimum atomic E-state index is -0.495. The van der Waals surface area contributed by atoms with Gasteiger partial charge in [-0.15, -0.1) is 0 Å². The quantitative estimate of drug-likeness (QED) is 0.223. The van der Waals surface area contributed by atoms with E-state index in [1.165, 1.54) is 23.1 Å². The van der Waals surface area contributed by atoms with Crippen molar-refractivity contribution in [2.75, 3.05) is 20.3 Å². The number of carbonyl (C=O) groups excluding carboxylic acids is 1. The van der Waals surface area contributed by atoms with Gasteiger partial charge in [0.25, 0.3) is 11.6 Å². The summed E-state index contributed by atoms with van der Waals surface area (Å²) in [5, 5.41) is 11.1. The molecule has 0 radical (unpaired) electrons. The van der Waals surface area contributed by atoms with Gasteiger partial charge in [0.2, 0.25) is 0 Å². The summed E-state index contributed by atoms with van der Waals surface area (Å²) in [5.41, 5.74) is 0.342. The molecule has 2 aromatic rings. The molecule has 9 heteroatoms. The van der Waals surface area contributed by atoms with E-state index >= 15 is 0 Å². The van der Waals surface area contributed by atoms with Gasteiger partial charge in [0.1, 0.15) is 29.0 Å². The van der Waals surface area contributed by atoms with Gasteiger partial charge in [-0.2, -0.15) is 0 Å². The molecule has 7 nitrogen and oxygen atoms in total. The standard InChI is InChI=1S/C19H16N2O5S2/c1-20-18(22)17(28-19(20)27)12-13-11-14(21(23)24)7-8-16(13)26-10-9-25-15-5-3-2-4-6-15/h2-8,11-12H,9-10H2,1H3. The molecule has 1 saturated heterocycles. The molecule has 0 atom stereocenters. The van der Waals surface area contributed by atoms with Crippen LogP contribution in [0, 0.1) is 10.1 Å². The van der Waals surface area contributed by atoms with E-state index in [0.717, 1.165) is 17.5 Å². The van der Waals surface area contributed by atoms with E-state index in [1.54, 1.807) is 13.1 Å². The molecule has 0 spiro atoms. The van der Waals surface area contributed by atoms with Gasteiger partial charge in [-0.25, -0.2) is 0 Å². The largest absolute Gasteiger partial charge is 0.490 e. The molecule has 0 saturated carbocycles. The monoisotopic (exact) mass is 416 g/mol. The van der Waals surface area contributed by atoms with E-state index in [-0.39, 0.29) is 18.2 Å². The van der Waals surface area contributed by atoms with Crippen LogP contribution in [0.5, 0.6) is 11.5 Å². The van der Waals surface area contributed by atoms with Crippen molar-refractivity contribution in [2.45, 2.75) is 0 Å². The summed E-state index contributed by atoms with van der Waals surface area (Å²) >= 11 is 6.26. The molecule has 0 unspecified atom stereocenters. The Morgan fingerprint density at radius 2 is 1.89 bits per heavy atom. The van der Waals surface area contributed by atoms with Crippen molar-refractivity contribution in [3.05, 3.63) is 69.1 Å². The summed E-state index contributed by atoms with van der Waals surface area (Å²) < 4.78 is 11.7. The molecule has 1 aliphatic heterocycles.